The van der Waals surface area contributed by atoms with Gasteiger partial charge < -0.3 is 16.2 Å². The molecule has 6 nitrogen and oxygen atoms in total. The molecule has 108 valence electrons. The second-order valence-electron chi connectivity index (χ2n) is 4.55. The summed E-state index contributed by atoms with van der Waals surface area (Å²) in [6.45, 7) is 3.84. The first-order valence-corrected chi connectivity index (χ1v) is 7.50. The molecule has 0 saturated carbocycles. The maximum Gasteiger partial charge on any atom is 0.240 e. The summed E-state index contributed by atoms with van der Waals surface area (Å²) in [5, 5.41) is 12.2. The molecule has 0 heterocycles. The largest absolute Gasteiger partial charge is 0.397 e. The Morgan fingerprint density at radius 2 is 2.00 bits per heavy atom. The van der Waals surface area contributed by atoms with Crippen LogP contribution in [0.5, 0.6) is 0 Å². The number of nitrogens with two attached hydrogens (primary N) is 1. The van der Waals surface area contributed by atoms with Crippen molar-refractivity contribution in [3.8, 4) is 0 Å². The second-order valence-corrected chi connectivity index (χ2v) is 6.44. The van der Waals surface area contributed by atoms with Crippen molar-refractivity contribution in [2.75, 3.05) is 24.7 Å². The Hall–Kier alpha value is -1.31. The van der Waals surface area contributed by atoms with Crippen molar-refractivity contribution in [1.82, 2.24) is 4.72 Å². The fraction of sp³-hybridized carbons (Fsp3) is 0.500. The molecular weight excluding hydrogens is 266 g/mol. The summed E-state index contributed by atoms with van der Waals surface area (Å²) in [5.41, 5.74) is 6.83. The lowest BCUT2D eigenvalue weighted by molar-refractivity contribution is 0.226. The summed E-state index contributed by atoms with van der Waals surface area (Å²) in [4.78, 5) is 0.149. The van der Waals surface area contributed by atoms with Crippen LogP contribution >= 0.6 is 0 Å². The van der Waals surface area contributed by atoms with Gasteiger partial charge in [0.15, 0.2) is 0 Å². The predicted molar refractivity (Wildman–Crippen MR) is 76.4 cm³/mol. The third-order valence-corrected chi connectivity index (χ3v) is 4.54. The molecular formula is C12H21N3O3S. The maximum absolute atomic E-state index is 11.7. The molecule has 0 aliphatic rings. The van der Waals surface area contributed by atoms with Crippen molar-refractivity contribution < 1.29 is 13.5 Å². The molecule has 0 radical (unpaired) electrons. The molecule has 19 heavy (non-hydrogen) atoms. The standard InChI is InChI=1S/C12H21N3O3S/c1-8(7-16)9(2)15-12-6-10(4-5-11(12)13)19(17,18)14-3/h4-6,8-9,14-16H,7,13H2,1-3H3. The van der Waals surface area contributed by atoms with Crippen LogP contribution in [0, 0.1) is 5.92 Å². The number of hydrogen-bond acceptors (Lipinski definition) is 5. The van der Waals surface area contributed by atoms with Gasteiger partial charge in [-0.2, -0.15) is 0 Å². The lowest BCUT2D eigenvalue weighted by atomic mass is 10.0. The average molecular weight is 287 g/mol. The summed E-state index contributed by atoms with van der Waals surface area (Å²) >= 11 is 0. The molecule has 0 amide bonds. The van der Waals surface area contributed by atoms with E-state index in [9.17, 15) is 8.42 Å². The number of sulfonamides is 1. The first-order chi connectivity index (χ1) is 8.81. The quantitative estimate of drug-likeness (QED) is 0.574. The van der Waals surface area contributed by atoms with Gasteiger partial charge in [0.05, 0.1) is 16.3 Å². The molecule has 0 aliphatic heterocycles. The third-order valence-electron chi connectivity index (χ3n) is 3.13. The average Bonchev–Trinajstić information content (AvgIpc) is 2.39. The van der Waals surface area contributed by atoms with Gasteiger partial charge >= 0.3 is 0 Å². The van der Waals surface area contributed by atoms with Crippen LogP contribution in [-0.4, -0.2) is 33.2 Å². The van der Waals surface area contributed by atoms with Crippen molar-refractivity contribution in [1.29, 1.82) is 0 Å². The first-order valence-electron chi connectivity index (χ1n) is 6.02. The minimum Gasteiger partial charge on any atom is -0.397 e. The number of aliphatic hydroxyl groups is 1. The molecule has 1 rings (SSSR count). The molecule has 0 aliphatic carbocycles. The smallest absolute Gasteiger partial charge is 0.240 e. The van der Waals surface area contributed by atoms with E-state index in [-0.39, 0.29) is 23.5 Å². The highest BCUT2D eigenvalue weighted by atomic mass is 32.2. The van der Waals surface area contributed by atoms with Crippen LogP contribution in [0.25, 0.3) is 0 Å². The number of rotatable bonds is 6. The Labute approximate surface area is 114 Å². The Bertz CT molecular complexity index is 531. The Morgan fingerprint density at radius 3 is 2.53 bits per heavy atom. The van der Waals surface area contributed by atoms with Gasteiger partial charge in [0, 0.05) is 12.6 Å². The SMILES string of the molecule is CNS(=O)(=O)c1ccc(N)c(NC(C)C(C)CO)c1. The number of benzene rings is 1. The van der Waals surface area contributed by atoms with Crippen LogP contribution in [-0.2, 0) is 10.0 Å². The van der Waals surface area contributed by atoms with Crippen LogP contribution in [0.1, 0.15) is 13.8 Å². The highest BCUT2D eigenvalue weighted by Crippen LogP contribution is 2.24. The summed E-state index contributed by atoms with van der Waals surface area (Å²) < 4.78 is 25.7. The summed E-state index contributed by atoms with van der Waals surface area (Å²) in [6.07, 6.45) is 0. The van der Waals surface area contributed by atoms with Gasteiger partial charge in [-0.3, -0.25) is 0 Å². The molecule has 1 aromatic rings. The van der Waals surface area contributed by atoms with E-state index in [1.165, 1.54) is 19.2 Å². The third kappa shape index (κ3) is 3.82. The molecule has 2 unspecified atom stereocenters. The van der Waals surface area contributed by atoms with E-state index < -0.39 is 10.0 Å². The maximum atomic E-state index is 11.7. The molecule has 0 aromatic heterocycles. The van der Waals surface area contributed by atoms with Gasteiger partial charge in [-0.1, -0.05) is 6.92 Å². The Kier molecular flexibility index (Phi) is 5.16. The molecule has 0 saturated heterocycles. The lowest BCUT2D eigenvalue weighted by Gasteiger charge is -2.22. The number of aliphatic hydroxyl groups excluding tert-OH is 1. The normalized spacial score (nSPS) is 14.9. The monoisotopic (exact) mass is 287 g/mol. The van der Waals surface area contributed by atoms with E-state index in [0.717, 1.165) is 0 Å². The number of nitrogen functional groups attached to an aromatic ring is 1. The van der Waals surface area contributed by atoms with Gasteiger partial charge in [-0.15, -0.1) is 0 Å². The van der Waals surface area contributed by atoms with Crippen LogP contribution in [0.3, 0.4) is 0 Å². The number of hydrogen-bond donors (Lipinski definition) is 4. The predicted octanol–water partition coefficient (Wildman–Crippen LogP) is 0.606. The zero-order valence-corrected chi connectivity index (χ0v) is 12.2. The van der Waals surface area contributed by atoms with Crippen molar-refractivity contribution in [3.63, 3.8) is 0 Å². The summed E-state index contributed by atoms with van der Waals surface area (Å²) in [6, 6.07) is 4.46. The molecule has 1 aromatic carbocycles. The van der Waals surface area contributed by atoms with Gasteiger partial charge in [-0.25, -0.2) is 13.1 Å². The summed E-state index contributed by atoms with van der Waals surface area (Å²) in [5.74, 6) is 0.0314. The molecule has 5 N–H and O–H groups in total. The van der Waals surface area contributed by atoms with E-state index in [4.69, 9.17) is 10.8 Å². The Balaban J connectivity index is 3.05. The van der Waals surface area contributed by atoms with Crippen molar-refractivity contribution in [2.45, 2.75) is 24.8 Å². The van der Waals surface area contributed by atoms with E-state index in [2.05, 4.69) is 10.0 Å². The fourth-order valence-electron chi connectivity index (χ4n) is 1.49. The van der Waals surface area contributed by atoms with E-state index in [1.54, 1.807) is 6.07 Å². The molecule has 0 bridgehead atoms. The van der Waals surface area contributed by atoms with Crippen molar-refractivity contribution in [3.05, 3.63) is 18.2 Å². The van der Waals surface area contributed by atoms with E-state index >= 15 is 0 Å². The summed E-state index contributed by atoms with van der Waals surface area (Å²) in [7, 11) is -2.14. The minimum atomic E-state index is -3.49. The lowest BCUT2D eigenvalue weighted by Crippen LogP contribution is -2.27. The van der Waals surface area contributed by atoms with Crippen LogP contribution < -0.4 is 15.8 Å². The minimum absolute atomic E-state index is 0.0279. The Morgan fingerprint density at radius 1 is 1.37 bits per heavy atom. The number of nitrogens with one attached hydrogen (secondary N) is 2. The molecule has 7 heteroatoms. The number of anilines is 2. The highest BCUT2D eigenvalue weighted by Gasteiger charge is 2.16. The topological polar surface area (TPSA) is 104 Å². The van der Waals surface area contributed by atoms with Gasteiger partial charge in [0.25, 0.3) is 0 Å². The van der Waals surface area contributed by atoms with Gasteiger partial charge in [0.2, 0.25) is 10.0 Å². The zero-order valence-electron chi connectivity index (χ0n) is 11.3. The molecule has 0 fully saturated rings. The van der Waals surface area contributed by atoms with Gasteiger partial charge in [-0.05, 0) is 38.1 Å². The van der Waals surface area contributed by atoms with E-state index in [1.807, 2.05) is 13.8 Å². The first kappa shape index (κ1) is 15.7. The second kappa shape index (κ2) is 6.23. The van der Waals surface area contributed by atoms with Gasteiger partial charge in [0.1, 0.15) is 0 Å². The fourth-order valence-corrected chi connectivity index (χ4v) is 2.25. The zero-order chi connectivity index (χ0) is 14.6. The molecule has 2 atom stereocenters. The van der Waals surface area contributed by atoms with Crippen LogP contribution in [0.15, 0.2) is 23.1 Å². The molecule has 0 spiro atoms. The van der Waals surface area contributed by atoms with Crippen LogP contribution in [0.2, 0.25) is 0 Å². The van der Waals surface area contributed by atoms with Crippen LogP contribution in [0.4, 0.5) is 11.4 Å². The van der Waals surface area contributed by atoms with E-state index in [0.29, 0.717) is 11.4 Å². The van der Waals surface area contributed by atoms with Crippen molar-refractivity contribution in [2.24, 2.45) is 5.92 Å². The van der Waals surface area contributed by atoms with Crippen molar-refractivity contribution >= 4 is 21.4 Å². The highest BCUT2D eigenvalue weighted by molar-refractivity contribution is 7.89.